The first-order chi connectivity index (χ1) is 9.42. The molecule has 0 atom stereocenters. The Morgan fingerprint density at radius 2 is 1.84 bits per heavy atom. The minimum absolute atomic E-state index is 0.717. The summed E-state index contributed by atoms with van der Waals surface area (Å²) in [4.78, 5) is 13.1. The first-order valence-electron chi connectivity index (χ1n) is 6.85. The molecule has 1 saturated heterocycles. The largest absolute Gasteiger partial charge is 0.317 e. The van der Waals surface area contributed by atoms with E-state index in [1.807, 2.05) is 24.4 Å². The lowest BCUT2D eigenvalue weighted by molar-refractivity contribution is 0.367. The molecule has 0 aromatic carbocycles. The van der Waals surface area contributed by atoms with Gasteiger partial charge in [-0.3, -0.25) is 4.98 Å². The van der Waals surface area contributed by atoms with E-state index in [9.17, 15) is 0 Å². The average Bonchev–Trinajstić information content (AvgIpc) is 2.49. The van der Waals surface area contributed by atoms with Crippen molar-refractivity contribution in [2.75, 3.05) is 13.1 Å². The van der Waals surface area contributed by atoms with Crippen LogP contribution < -0.4 is 5.32 Å². The maximum absolute atomic E-state index is 4.68. The number of hydrogen-bond donors (Lipinski definition) is 1. The number of nitrogens with zero attached hydrogens (tertiary/aromatic N) is 3. The van der Waals surface area contributed by atoms with Crippen LogP contribution in [0.5, 0.6) is 0 Å². The first kappa shape index (κ1) is 12.2. The highest BCUT2D eigenvalue weighted by Crippen LogP contribution is 2.19. The van der Waals surface area contributed by atoms with E-state index in [1.165, 1.54) is 12.8 Å². The molecule has 4 nitrogen and oxygen atoms in total. The highest BCUT2D eigenvalue weighted by Gasteiger charge is 2.15. The summed E-state index contributed by atoms with van der Waals surface area (Å²) < 4.78 is 0. The lowest BCUT2D eigenvalue weighted by Crippen LogP contribution is -2.29. The van der Waals surface area contributed by atoms with E-state index in [1.54, 1.807) is 12.4 Å². The van der Waals surface area contributed by atoms with Crippen molar-refractivity contribution in [2.45, 2.75) is 19.3 Å². The molecule has 3 heterocycles. The maximum atomic E-state index is 4.68. The van der Waals surface area contributed by atoms with Crippen molar-refractivity contribution >= 4 is 0 Å². The highest BCUT2D eigenvalue weighted by molar-refractivity contribution is 5.57. The van der Waals surface area contributed by atoms with Crippen LogP contribution in [-0.4, -0.2) is 28.0 Å². The molecular formula is C15H18N4. The molecule has 1 fully saturated rings. The Labute approximate surface area is 113 Å². The molecule has 1 aliphatic rings. The number of nitrogens with one attached hydrogen (secondary N) is 1. The van der Waals surface area contributed by atoms with Crippen molar-refractivity contribution in [1.29, 1.82) is 0 Å². The van der Waals surface area contributed by atoms with E-state index in [2.05, 4.69) is 20.3 Å². The predicted molar refractivity (Wildman–Crippen MR) is 74.6 cm³/mol. The van der Waals surface area contributed by atoms with Gasteiger partial charge in [0.15, 0.2) is 0 Å². The van der Waals surface area contributed by atoms with Crippen molar-refractivity contribution in [2.24, 2.45) is 5.92 Å². The standard InChI is InChI=1S/C15H18N4/c1-6-16-7-2-12(1)11-15-18-10-5-14(19-15)13-3-8-17-9-4-13/h3-5,8-10,12,16H,1-2,6-7,11H2. The van der Waals surface area contributed by atoms with E-state index in [0.29, 0.717) is 5.92 Å². The third kappa shape index (κ3) is 3.15. The van der Waals surface area contributed by atoms with Crippen LogP contribution in [0, 0.1) is 5.92 Å². The molecule has 1 aliphatic heterocycles. The molecular weight excluding hydrogens is 236 g/mol. The van der Waals surface area contributed by atoms with Crippen LogP contribution in [0.4, 0.5) is 0 Å². The number of piperidine rings is 1. The molecule has 0 spiro atoms. The molecule has 2 aromatic heterocycles. The van der Waals surface area contributed by atoms with E-state index < -0.39 is 0 Å². The summed E-state index contributed by atoms with van der Waals surface area (Å²) >= 11 is 0. The third-order valence-corrected chi connectivity index (χ3v) is 3.61. The normalized spacial score (nSPS) is 16.4. The van der Waals surface area contributed by atoms with Crippen molar-refractivity contribution in [1.82, 2.24) is 20.3 Å². The Morgan fingerprint density at radius 1 is 1.05 bits per heavy atom. The van der Waals surface area contributed by atoms with Gasteiger partial charge in [0.25, 0.3) is 0 Å². The molecule has 4 heteroatoms. The number of pyridine rings is 1. The Morgan fingerprint density at radius 3 is 2.63 bits per heavy atom. The van der Waals surface area contributed by atoms with Crippen LogP contribution in [0.15, 0.2) is 36.8 Å². The predicted octanol–water partition coefficient (Wildman–Crippen LogP) is 2.08. The van der Waals surface area contributed by atoms with Gasteiger partial charge in [-0.05, 0) is 50.0 Å². The Balaban J connectivity index is 1.76. The Bertz CT molecular complexity index is 521. The maximum Gasteiger partial charge on any atom is 0.129 e. The minimum atomic E-state index is 0.717. The molecule has 0 unspecified atom stereocenters. The Hall–Kier alpha value is -1.81. The summed E-state index contributed by atoms with van der Waals surface area (Å²) in [6, 6.07) is 5.93. The molecule has 2 aromatic rings. The summed E-state index contributed by atoms with van der Waals surface area (Å²) in [7, 11) is 0. The number of hydrogen-bond acceptors (Lipinski definition) is 4. The molecule has 1 N–H and O–H groups in total. The highest BCUT2D eigenvalue weighted by atomic mass is 14.9. The second-order valence-corrected chi connectivity index (χ2v) is 4.99. The van der Waals surface area contributed by atoms with E-state index in [4.69, 9.17) is 0 Å². The van der Waals surface area contributed by atoms with Gasteiger partial charge in [-0.1, -0.05) is 0 Å². The number of rotatable bonds is 3. The van der Waals surface area contributed by atoms with E-state index in [0.717, 1.165) is 36.6 Å². The van der Waals surface area contributed by atoms with Gasteiger partial charge in [-0.25, -0.2) is 9.97 Å². The summed E-state index contributed by atoms with van der Waals surface area (Å²) in [5.74, 6) is 1.68. The van der Waals surface area contributed by atoms with Crippen LogP contribution in [0.25, 0.3) is 11.3 Å². The summed E-state index contributed by atoms with van der Waals surface area (Å²) in [5, 5.41) is 3.39. The van der Waals surface area contributed by atoms with Crippen LogP contribution in [-0.2, 0) is 6.42 Å². The van der Waals surface area contributed by atoms with Crippen LogP contribution >= 0.6 is 0 Å². The van der Waals surface area contributed by atoms with Gasteiger partial charge in [0.05, 0.1) is 5.69 Å². The summed E-state index contributed by atoms with van der Waals surface area (Å²) in [5.41, 5.74) is 2.09. The van der Waals surface area contributed by atoms with Crippen LogP contribution in [0.1, 0.15) is 18.7 Å². The van der Waals surface area contributed by atoms with E-state index in [-0.39, 0.29) is 0 Å². The van der Waals surface area contributed by atoms with Crippen molar-refractivity contribution in [3.8, 4) is 11.3 Å². The fraction of sp³-hybridized carbons (Fsp3) is 0.400. The molecule has 19 heavy (non-hydrogen) atoms. The van der Waals surface area contributed by atoms with Gasteiger partial charge in [0, 0.05) is 30.6 Å². The molecule has 0 bridgehead atoms. The van der Waals surface area contributed by atoms with Gasteiger partial charge in [-0.15, -0.1) is 0 Å². The van der Waals surface area contributed by atoms with Crippen LogP contribution in [0.3, 0.4) is 0 Å². The van der Waals surface area contributed by atoms with Gasteiger partial charge in [-0.2, -0.15) is 0 Å². The van der Waals surface area contributed by atoms with Gasteiger partial charge in [0.2, 0.25) is 0 Å². The zero-order valence-corrected chi connectivity index (χ0v) is 10.9. The lowest BCUT2D eigenvalue weighted by Gasteiger charge is -2.21. The van der Waals surface area contributed by atoms with Gasteiger partial charge >= 0.3 is 0 Å². The lowest BCUT2D eigenvalue weighted by atomic mass is 9.94. The van der Waals surface area contributed by atoms with Gasteiger partial charge in [0.1, 0.15) is 5.82 Å². The summed E-state index contributed by atoms with van der Waals surface area (Å²) in [6.07, 6.45) is 8.89. The summed E-state index contributed by atoms with van der Waals surface area (Å²) in [6.45, 7) is 2.24. The zero-order valence-electron chi connectivity index (χ0n) is 10.9. The third-order valence-electron chi connectivity index (χ3n) is 3.61. The molecule has 98 valence electrons. The van der Waals surface area contributed by atoms with Crippen molar-refractivity contribution in [3.63, 3.8) is 0 Å². The van der Waals surface area contributed by atoms with E-state index >= 15 is 0 Å². The fourth-order valence-corrected chi connectivity index (χ4v) is 2.52. The topological polar surface area (TPSA) is 50.7 Å². The number of aromatic nitrogens is 3. The van der Waals surface area contributed by atoms with Crippen molar-refractivity contribution in [3.05, 3.63) is 42.6 Å². The van der Waals surface area contributed by atoms with Crippen LogP contribution in [0.2, 0.25) is 0 Å². The second kappa shape index (κ2) is 5.89. The monoisotopic (exact) mass is 254 g/mol. The molecule has 3 rings (SSSR count). The quantitative estimate of drug-likeness (QED) is 0.911. The first-order valence-corrected chi connectivity index (χ1v) is 6.85. The minimum Gasteiger partial charge on any atom is -0.317 e. The molecule has 0 aliphatic carbocycles. The second-order valence-electron chi connectivity index (χ2n) is 4.99. The SMILES string of the molecule is c1cc(-c2ccnc(CC3CCNCC3)n2)ccn1. The van der Waals surface area contributed by atoms with Gasteiger partial charge < -0.3 is 5.32 Å². The smallest absolute Gasteiger partial charge is 0.129 e. The molecule has 0 radical (unpaired) electrons. The average molecular weight is 254 g/mol. The fourth-order valence-electron chi connectivity index (χ4n) is 2.52. The van der Waals surface area contributed by atoms with Crippen molar-refractivity contribution < 1.29 is 0 Å². The molecule has 0 amide bonds. The zero-order chi connectivity index (χ0) is 12.9. The Kier molecular flexibility index (Phi) is 3.79. The molecule has 0 saturated carbocycles.